The second-order valence-corrected chi connectivity index (χ2v) is 5.88. The van der Waals surface area contributed by atoms with E-state index in [1.807, 2.05) is 24.4 Å². The van der Waals surface area contributed by atoms with Gasteiger partial charge in [-0.05, 0) is 23.8 Å². The van der Waals surface area contributed by atoms with Crippen molar-refractivity contribution in [2.24, 2.45) is 0 Å². The molecule has 0 fully saturated rings. The number of H-pyrrole nitrogens is 1. The summed E-state index contributed by atoms with van der Waals surface area (Å²) in [6, 6.07) is 8.80. The number of nitrogens with zero attached hydrogens (tertiary/aromatic N) is 1. The smallest absolute Gasteiger partial charge is 0.275 e. The molecule has 0 radical (unpaired) electrons. The summed E-state index contributed by atoms with van der Waals surface area (Å²) in [5, 5.41) is 12.0. The van der Waals surface area contributed by atoms with Gasteiger partial charge in [0.25, 0.3) is 5.69 Å². The Morgan fingerprint density at radius 3 is 2.86 bits per heavy atom. The Balaban J connectivity index is 2.00. The van der Waals surface area contributed by atoms with Crippen LogP contribution in [0.5, 0.6) is 11.5 Å². The molecular weight excluding hydrogens is 336 g/mol. The Morgan fingerprint density at radius 2 is 2.05 bits per heavy atom. The van der Waals surface area contributed by atoms with Crippen LogP contribution in [0.3, 0.4) is 0 Å². The number of rotatable bonds is 1. The Bertz CT molecular complexity index is 901. The number of non-ortho nitro benzene ring substituents is 1. The number of aromatic nitrogens is 1. The number of hydrogen-bond acceptors (Lipinski definition) is 3. The average Bonchev–Trinajstić information content (AvgIpc) is 2.77. The van der Waals surface area contributed by atoms with Gasteiger partial charge >= 0.3 is 0 Å². The number of aromatic amines is 1. The molecule has 5 nitrogen and oxygen atoms in total. The summed E-state index contributed by atoms with van der Waals surface area (Å²) < 4.78 is 6.91. The van der Waals surface area contributed by atoms with Crippen LogP contribution in [-0.4, -0.2) is 9.91 Å². The van der Waals surface area contributed by atoms with Crippen molar-refractivity contribution >= 4 is 32.5 Å². The third kappa shape index (κ3) is 1.91. The molecule has 0 saturated carbocycles. The minimum absolute atomic E-state index is 0.0199. The van der Waals surface area contributed by atoms with Gasteiger partial charge in [0.05, 0.1) is 16.5 Å². The average molecular weight is 345 g/mol. The maximum atomic E-state index is 11.0. The monoisotopic (exact) mass is 344 g/mol. The first kappa shape index (κ1) is 12.4. The van der Waals surface area contributed by atoms with E-state index in [-0.39, 0.29) is 5.69 Å². The fraction of sp³-hybridized carbons (Fsp3) is 0.0667. The van der Waals surface area contributed by atoms with Crippen molar-refractivity contribution in [1.29, 1.82) is 0 Å². The standard InChI is InChI=1S/C15H9BrN2O3/c16-10-1-2-13-8(4-10)3-9-7-17-12-5-11(18(19)20)6-14(21-13)15(9)12/h1-2,4-7,17H,3H2. The first-order chi connectivity index (χ1) is 10.1. The number of nitro benzene ring substituents is 1. The number of fused-ring (bicyclic) bond motifs is 1. The number of nitro groups is 1. The van der Waals surface area contributed by atoms with E-state index in [4.69, 9.17) is 4.74 Å². The van der Waals surface area contributed by atoms with Gasteiger partial charge in [-0.1, -0.05) is 15.9 Å². The molecule has 0 bridgehead atoms. The third-order valence-electron chi connectivity index (χ3n) is 3.64. The summed E-state index contributed by atoms with van der Waals surface area (Å²) in [5.41, 5.74) is 2.86. The highest BCUT2D eigenvalue weighted by molar-refractivity contribution is 9.10. The lowest BCUT2D eigenvalue weighted by molar-refractivity contribution is -0.384. The molecule has 0 unspecified atom stereocenters. The van der Waals surface area contributed by atoms with Crippen molar-refractivity contribution in [3.05, 3.63) is 62.2 Å². The van der Waals surface area contributed by atoms with Crippen molar-refractivity contribution < 1.29 is 9.66 Å². The summed E-state index contributed by atoms with van der Waals surface area (Å²) in [6.07, 6.45) is 2.61. The molecule has 6 heteroatoms. The Morgan fingerprint density at radius 1 is 1.19 bits per heavy atom. The zero-order valence-corrected chi connectivity index (χ0v) is 12.3. The van der Waals surface area contributed by atoms with E-state index in [1.54, 1.807) is 0 Å². The number of benzene rings is 2. The van der Waals surface area contributed by atoms with Crippen LogP contribution in [0.1, 0.15) is 11.1 Å². The van der Waals surface area contributed by atoms with Gasteiger partial charge in [0.15, 0.2) is 0 Å². The lowest BCUT2D eigenvalue weighted by atomic mass is 10.0. The Kier molecular flexibility index (Phi) is 2.56. The Labute approximate surface area is 127 Å². The third-order valence-corrected chi connectivity index (χ3v) is 4.14. The normalized spacial score (nSPS) is 12.6. The lowest BCUT2D eigenvalue weighted by Crippen LogP contribution is -1.91. The molecule has 4 rings (SSSR count). The van der Waals surface area contributed by atoms with Crippen molar-refractivity contribution in [2.75, 3.05) is 0 Å². The van der Waals surface area contributed by atoms with Crippen LogP contribution in [-0.2, 0) is 6.42 Å². The SMILES string of the molecule is O=[N+]([O-])c1cc2c3c(c[nH]c3c1)Cc1cc(Br)ccc1O2. The van der Waals surface area contributed by atoms with Crippen LogP contribution in [0.2, 0.25) is 0 Å². The molecule has 0 atom stereocenters. The molecule has 0 saturated heterocycles. The highest BCUT2D eigenvalue weighted by Gasteiger charge is 2.22. The van der Waals surface area contributed by atoms with E-state index in [2.05, 4.69) is 20.9 Å². The van der Waals surface area contributed by atoms with Crippen molar-refractivity contribution in [3.63, 3.8) is 0 Å². The lowest BCUT2D eigenvalue weighted by Gasteiger charge is -2.08. The van der Waals surface area contributed by atoms with E-state index in [9.17, 15) is 10.1 Å². The van der Waals surface area contributed by atoms with E-state index >= 15 is 0 Å². The van der Waals surface area contributed by atoms with Crippen LogP contribution in [0.25, 0.3) is 10.9 Å². The molecule has 0 aliphatic carbocycles. The molecule has 104 valence electrons. The highest BCUT2D eigenvalue weighted by Crippen LogP contribution is 2.41. The maximum absolute atomic E-state index is 11.0. The molecule has 1 N–H and O–H groups in total. The molecule has 2 aromatic carbocycles. The minimum atomic E-state index is -0.410. The number of halogens is 1. The summed E-state index contributed by atoms with van der Waals surface area (Å²) in [4.78, 5) is 13.7. The second-order valence-electron chi connectivity index (χ2n) is 4.97. The number of hydrogen-bond donors (Lipinski definition) is 1. The first-order valence-electron chi connectivity index (χ1n) is 6.36. The summed E-state index contributed by atoms with van der Waals surface area (Å²) in [5.74, 6) is 1.26. The van der Waals surface area contributed by atoms with Crippen molar-refractivity contribution in [2.45, 2.75) is 6.42 Å². The van der Waals surface area contributed by atoms with Gasteiger partial charge in [-0.15, -0.1) is 0 Å². The zero-order valence-electron chi connectivity index (χ0n) is 10.7. The molecule has 2 heterocycles. The summed E-state index contributed by atoms with van der Waals surface area (Å²) >= 11 is 3.46. The van der Waals surface area contributed by atoms with E-state index in [1.165, 1.54) is 12.1 Å². The summed E-state index contributed by atoms with van der Waals surface area (Å²) in [7, 11) is 0. The van der Waals surface area contributed by atoms with Gasteiger partial charge in [-0.25, -0.2) is 0 Å². The van der Waals surface area contributed by atoms with Crippen LogP contribution < -0.4 is 4.74 Å². The second kappa shape index (κ2) is 4.33. The molecule has 1 aromatic heterocycles. The number of nitrogens with one attached hydrogen (secondary N) is 1. The van der Waals surface area contributed by atoms with Gasteiger partial charge in [0.2, 0.25) is 0 Å². The topological polar surface area (TPSA) is 68.2 Å². The van der Waals surface area contributed by atoms with E-state index in [0.717, 1.165) is 38.7 Å². The number of ether oxygens (including phenoxy) is 1. The highest BCUT2D eigenvalue weighted by atomic mass is 79.9. The van der Waals surface area contributed by atoms with E-state index < -0.39 is 4.92 Å². The quantitative estimate of drug-likeness (QED) is 0.407. The van der Waals surface area contributed by atoms with Gasteiger partial charge in [-0.2, -0.15) is 0 Å². The molecule has 3 aromatic rings. The molecule has 21 heavy (non-hydrogen) atoms. The van der Waals surface area contributed by atoms with Crippen LogP contribution in [0.15, 0.2) is 41.0 Å². The summed E-state index contributed by atoms with van der Waals surface area (Å²) in [6.45, 7) is 0. The van der Waals surface area contributed by atoms with Crippen LogP contribution in [0, 0.1) is 10.1 Å². The van der Waals surface area contributed by atoms with Crippen LogP contribution >= 0.6 is 15.9 Å². The van der Waals surface area contributed by atoms with Crippen molar-refractivity contribution in [1.82, 2.24) is 4.98 Å². The van der Waals surface area contributed by atoms with Crippen LogP contribution in [0.4, 0.5) is 5.69 Å². The van der Waals surface area contributed by atoms with Gasteiger partial charge in [0.1, 0.15) is 11.5 Å². The predicted molar refractivity (Wildman–Crippen MR) is 82.0 cm³/mol. The Hall–Kier alpha value is -2.34. The van der Waals surface area contributed by atoms with Gasteiger partial charge in [0, 0.05) is 34.1 Å². The van der Waals surface area contributed by atoms with Gasteiger partial charge in [-0.3, -0.25) is 10.1 Å². The van der Waals surface area contributed by atoms with E-state index in [0.29, 0.717) is 5.75 Å². The first-order valence-corrected chi connectivity index (χ1v) is 7.16. The fourth-order valence-electron chi connectivity index (χ4n) is 2.72. The minimum Gasteiger partial charge on any atom is -0.456 e. The predicted octanol–water partition coefficient (Wildman–Crippen LogP) is 4.54. The maximum Gasteiger partial charge on any atom is 0.275 e. The fourth-order valence-corrected chi connectivity index (χ4v) is 3.13. The largest absolute Gasteiger partial charge is 0.456 e. The van der Waals surface area contributed by atoms with Crippen molar-refractivity contribution in [3.8, 4) is 11.5 Å². The molecule has 1 aliphatic heterocycles. The van der Waals surface area contributed by atoms with Gasteiger partial charge < -0.3 is 9.72 Å². The molecule has 0 amide bonds. The zero-order chi connectivity index (χ0) is 14.6. The molecule has 1 aliphatic rings. The molecule has 0 spiro atoms. The molecular formula is C15H9BrN2O3.